The van der Waals surface area contributed by atoms with Crippen molar-refractivity contribution in [1.29, 1.82) is 0 Å². The van der Waals surface area contributed by atoms with E-state index in [0.717, 1.165) is 68.3 Å². The fourth-order valence-electron chi connectivity index (χ4n) is 4.60. The van der Waals surface area contributed by atoms with Gasteiger partial charge in [-0.2, -0.15) is 9.61 Å². The topological polar surface area (TPSA) is 65.7 Å². The van der Waals surface area contributed by atoms with E-state index >= 15 is 0 Å². The lowest BCUT2D eigenvalue weighted by Crippen LogP contribution is -2.20. The molecule has 4 aromatic heterocycles. The molecule has 196 valence electrons. The molecule has 0 amide bonds. The summed E-state index contributed by atoms with van der Waals surface area (Å²) in [5, 5.41) is 8.04. The highest BCUT2D eigenvalue weighted by atomic mass is 32.1. The Morgan fingerprint density at radius 2 is 1.63 bits per heavy atom. The van der Waals surface area contributed by atoms with Crippen molar-refractivity contribution in [1.82, 2.24) is 24.6 Å². The maximum absolute atomic E-state index is 4.93. The van der Waals surface area contributed by atoms with Crippen molar-refractivity contribution in [3.05, 3.63) is 70.5 Å². The quantitative estimate of drug-likeness (QED) is 0.273. The molecule has 0 radical (unpaired) electrons. The summed E-state index contributed by atoms with van der Waals surface area (Å²) in [5.41, 5.74) is 9.32. The first-order valence-corrected chi connectivity index (χ1v) is 13.4. The highest BCUT2D eigenvalue weighted by molar-refractivity contribution is 7.14. The number of nitrogens with zero attached hydrogens (tertiary/aromatic N) is 8. The second kappa shape index (κ2) is 10.1. The summed E-state index contributed by atoms with van der Waals surface area (Å²) in [5.74, 6) is 1.93. The Kier molecular flexibility index (Phi) is 6.79. The lowest BCUT2D eigenvalue weighted by atomic mass is 10.0. The van der Waals surface area contributed by atoms with E-state index in [1.165, 1.54) is 5.56 Å². The summed E-state index contributed by atoms with van der Waals surface area (Å²) < 4.78 is 1.96. The van der Waals surface area contributed by atoms with Crippen molar-refractivity contribution in [2.24, 2.45) is 0 Å². The molecule has 0 fully saturated rings. The van der Waals surface area contributed by atoms with E-state index in [0.29, 0.717) is 0 Å². The van der Waals surface area contributed by atoms with Crippen LogP contribution < -0.4 is 14.7 Å². The summed E-state index contributed by atoms with van der Waals surface area (Å²) in [6, 6.07) is 12.8. The molecular formula is C29H34N8S. The number of thiazole rings is 1. The molecule has 0 spiro atoms. The van der Waals surface area contributed by atoms with E-state index in [1.807, 2.05) is 62.6 Å². The van der Waals surface area contributed by atoms with Crippen molar-refractivity contribution in [2.75, 3.05) is 49.9 Å². The standard InChI is InChI=1S/C29H34N8S/c1-18-13-25(34(4)5)30-15-23(18)27-20(3)33-37-26(14-19(2)31-28(27)37)36(8)16-21-9-11-22(12-10-21)24-17-38-29(32-24)35(6)7/h9-15,17H,16H2,1-8H3. The average molecular weight is 527 g/mol. The number of benzene rings is 1. The highest BCUT2D eigenvalue weighted by Gasteiger charge is 2.20. The van der Waals surface area contributed by atoms with Crippen LogP contribution in [-0.2, 0) is 6.54 Å². The molecule has 8 nitrogen and oxygen atoms in total. The van der Waals surface area contributed by atoms with Gasteiger partial charge in [0.2, 0.25) is 0 Å². The Morgan fingerprint density at radius 1 is 0.895 bits per heavy atom. The van der Waals surface area contributed by atoms with Crippen LogP contribution in [0.2, 0.25) is 0 Å². The minimum atomic E-state index is 0.741. The van der Waals surface area contributed by atoms with Gasteiger partial charge in [0.1, 0.15) is 11.6 Å². The molecule has 0 saturated carbocycles. The molecule has 0 saturated heterocycles. The largest absolute Gasteiger partial charge is 0.363 e. The van der Waals surface area contributed by atoms with Gasteiger partial charge in [-0.15, -0.1) is 11.3 Å². The molecule has 9 heteroatoms. The number of aromatic nitrogens is 5. The molecule has 0 aliphatic rings. The van der Waals surface area contributed by atoms with Crippen LogP contribution >= 0.6 is 11.3 Å². The predicted molar refractivity (Wildman–Crippen MR) is 159 cm³/mol. The number of rotatable bonds is 7. The normalized spacial score (nSPS) is 11.3. The second-order valence-electron chi connectivity index (χ2n) is 10.2. The Morgan fingerprint density at radius 3 is 2.26 bits per heavy atom. The van der Waals surface area contributed by atoms with Crippen molar-refractivity contribution in [3.63, 3.8) is 0 Å². The Labute approximate surface area is 228 Å². The van der Waals surface area contributed by atoms with Gasteiger partial charge in [0.05, 0.1) is 17.0 Å². The summed E-state index contributed by atoms with van der Waals surface area (Å²) in [7, 11) is 10.1. The summed E-state index contributed by atoms with van der Waals surface area (Å²) in [6.45, 7) is 6.94. The zero-order chi connectivity index (χ0) is 27.1. The first-order valence-electron chi connectivity index (χ1n) is 12.6. The molecule has 0 atom stereocenters. The zero-order valence-electron chi connectivity index (χ0n) is 23.3. The molecule has 0 N–H and O–H groups in total. The summed E-state index contributed by atoms with van der Waals surface area (Å²) >= 11 is 1.66. The summed E-state index contributed by atoms with van der Waals surface area (Å²) in [6.07, 6.45) is 1.94. The summed E-state index contributed by atoms with van der Waals surface area (Å²) in [4.78, 5) is 20.6. The fourth-order valence-corrected chi connectivity index (χ4v) is 5.37. The third-order valence-corrected chi connectivity index (χ3v) is 7.64. The second-order valence-corrected chi connectivity index (χ2v) is 11.0. The Balaban J connectivity index is 1.46. The Hall–Kier alpha value is -3.98. The van der Waals surface area contributed by atoms with Crippen molar-refractivity contribution < 1.29 is 0 Å². The van der Waals surface area contributed by atoms with Gasteiger partial charge in [0.15, 0.2) is 10.8 Å². The number of hydrogen-bond donors (Lipinski definition) is 0. The van der Waals surface area contributed by atoms with Gasteiger partial charge in [0, 0.05) is 76.2 Å². The van der Waals surface area contributed by atoms with Gasteiger partial charge in [-0.1, -0.05) is 24.3 Å². The van der Waals surface area contributed by atoms with Crippen LogP contribution in [0.25, 0.3) is 28.0 Å². The van der Waals surface area contributed by atoms with Gasteiger partial charge in [-0.3, -0.25) is 0 Å². The number of fused-ring (bicyclic) bond motifs is 1. The smallest absolute Gasteiger partial charge is 0.185 e. The molecule has 5 rings (SSSR count). The average Bonchev–Trinajstić information content (AvgIpc) is 3.49. The first kappa shape index (κ1) is 25.7. The van der Waals surface area contributed by atoms with E-state index in [2.05, 4.69) is 65.6 Å². The third kappa shape index (κ3) is 4.81. The minimum absolute atomic E-state index is 0.741. The van der Waals surface area contributed by atoms with Crippen LogP contribution in [0.3, 0.4) is 0 Å². The van der Waals surface area contributed by atoms with E-state index in [4.69, 9.17) is 15.1 Å². The van der Waals surface area contributed by atoms with Crippen molar-refractivity contribution in [3.8, 4) is 22.4 Å². The van der Waals surface area contributed by atoms with Crippen LogP contribution in [0.1, 0.15) is 22.5 Å². The number of anilines is 3. The van der Waals surface area contributed by atoms with Gasteiger partial charge < -0.3 is 14.7 Å². The maximum Gasteiger partial charge on any atom is 0.185 e. The lowest BCUT2D eigenvalue weighted by Gasteiger charge is -2.21. The Bertz CT molecular complexity index is 1600. The molecule has 0 aliphatic carbocycles. The lowest BCUT2D eigenvalue weighted by molar-refractivity contribution is 0.821. The van der Waals surface area contributed by atoms with Crippen LogP contribution in [0.5, 0.6) is 0 Å². The number of hydrogen-bond acceptors (Lipinski definition) is 8. The van der Waals surface area contributed by atoms with Gasteiger partial charge in [-0.05, 0) is 38.0 Å². The van der Waals surface area contributed by atoms with E-state index in [9.17, 15) is 0 Å². The first-order chi connectivity index (χ1) is 18.1. The van der Waals surface area contributed by atoms with Crippen LogP contribution in [-0.4, -0.2) is 59.8 Å². The highest BCUT2D eigenvalue weighted by Crippen LogP contribution is 2.33. The molecule has 0 unspecified atom stereocenters. The van der Waals surface area contributed by atoms with Gasteiger partial charge in [0.25, 0.3) is 0 Å². The molecular weight excluding hydrogens is 492 g/mol. The predicted octanol–water partition coefficient (Wildman–Crippen LogP) is 5.61. The van der Waals surface area contributed by atoms with Crippen LogP contribution in [0.15, 0.2) is 48.0 Å². The SMILES string of the molecule is Cc1cc(N(C)Cc2ccc(-c3csc(N(C)C)n3)cc2)n2nc(C)c(-c3cnc(N(C)C)cc3C)c2n1. The van der Waals surface area contributed by atoms with Crippen LogP contribution in [0, 0.1) is 20.8 Å². The van der Waals surface area contributed by atoms with Gasteiger partial charge in [-0.25, -0.2) is 15.0 Å². The number of pyridine rings is 1. The van der Waals surface area contributed by atoms with Gasteiger partial charge >= 0.3 is 0 Å². The molecule has 0 aliphatic heterocycles. The minimum Gasteiger partial charge on any atom is -0.363 e. The zero-order valence-corrected chi connectivity index (χ0v) is 24.1. The fraction of sp³-hybridized carbons (Fsp3) is 0.310. The molecule has 4 heterocycles. The van der Waals surface area contributed by atoms with E-state index < -0.39 is 0 Å². The third-order valence-electron chi connectivity index (χ3n) is 6.63. The molecule has 5 aromatic rings. The number of aryl methyl sites for hydroxylation is 3. The van der Waals surface area contributed by atoms with Crippen molar-refractivity contribution >= 4 is 33.8 Å². The van der Waals surface area contributed by atoms with Crippen LogP contribution in [0.4, 0.5) is 16.8 Å². The van der Waals surface area contributed by atoms with E-state index in [-0.39, 0.29) is 0 Å². The monoisotopic (exact) mass is 526 g/mol. The molecule has 0 bridgehead atoms. The van der Waals surface area contributed by atoms with E-state index in [1.54, 1.807) is 11.3 Å². The molecule has 38 heavy (non-hydrogen) atoms. The van der Waals surface area contributed by atoms with Crippen molar-refractivity contribution in [2.45, 2.75) is 27.3 Å². The maximum atomic E-state index is 4.93. The molecule has 1 aromatic carbocycles.